The lowest BCUT2D eigenvalue weighted by atomic mass is 9.87. The number of nitrogens with one attached hydrogen (secondary N) is 1. The van der Waals surface area contributed by atoms with Gasteiger partial charge in [-0.2, -0.15) is 26.3 Å². The molecule has 1 atom stereocenters. The topological polar surface area (TPSA) is 12.0 Å². The number of hydrogen-bond acceptors (Lipinski definition) is 1. The van der Waals surface area contributed by atoms with Crippen molar-refractivity contribution in [1.29, 1.82) is 0 Å². The third-order valence-electron chi connectivity index (χ3n) is 3.44. The molecule has 0 saturated carbocycles. The first-order valence-electron chi connectivity index (χ1n) is 6.43. The van der Waals surface area contributed by atoms with Gasteiger partial charge >= 0.3 is 12.4 Å². The molecular weight excluding hydrogens is 296 g/mol. The Morgan fingerprint density at radius 3 is 1.95 bits per heavy atom. The zero-order valence-corrected chi connectivity index (χ0v) is 11.9. The van der Waals surface area contributed by atoms with Gasteiger partial charge in [0.1, 0.15) is 0 Å². The van der Waals surface area contributed by atoms with Crippen LogP contribution in [0.1, 0.15) is 29.7 Å². The lowest BCUT2D eigenvalue weighted by Gasteiger charge is -2.32. The molecule has 0 amide bonds. The number of aryl methyl sites for hydroxylation is 1. The molecule has 0 saturated heterocycles. The molecule has 1 unspecified atom stereocenters. The van der Waals surface area contributed by atoms with Gasteiger partial charge in [-0.05, 0) is 37.1 Å². The average molecular weight is 313 g/mol. The molecule has 0 aliphatic rings. The van der Waals surface area contributed by atoms with E-state index in [0.717, 1.165) is 0 Å². The van der Waals surface area contributed by atoms with Crippen LogP contribution in [0.3, 0.4) is 0 Å². The smallest absolute Gasteiger partial charge is 0.309 e. The molecule has 21 heavy (non-hydrogen) atoms. The highest BCUT2D eigenvalue weighted by Crippen LogP contribution is 2.47. The Morgan fingerprint density at radius 2 is 1.52 bits per heavy atom. The summed E-state index contributed by atoms with van der Waals surface area (Å²) >= 11 is 0. The second-order valence-electron chi connectivity index (χ2n) is 4.89. The Bertz CT molecular complexity index is 463. The maximum Gasteiger partial charge on any atom is 0.402 e. The van der Waals surface area contributed by atoms with Crippen molar-refractivity contribution in [2.75, 3.05) is 6.54 Å². The highest BCUT2D eigenvalue weighted by atomic mass is 19.4. The minimum Gasteiger partial charge on any atom is -0.309 e. The first-order chi connectivity index (χ1) is 9.50. The summed E-state index contributed by atoms with van der Waals surface area (Å²) in [5.74, 6) is -3.44. The van der Waals surface area contributed by atoms with E-state index in [9.17, 15) is 26.3 Å². The van der Waals surface area contributed by atoms with Crippen molar-refractivity contribution >= 4 is 0 Å². The summed E-state index contributed by atoms with van der Waals surface area (Å²) in [4.78, 5) is 0. The maximum absolute atomic E-state index is 12.9. The van der Waals surface area contributed by atoms with Crippen molar-refractivity contribution in [3.8, 4) is 0 Å². The van der Waals surface area contributed by atoms with E-state index in [0.29, 0.717) is 11.1 Å². The molecule has 0 bridgehead atoms. The van der Waals surface area contributed by atoms with E-state index in [1.807, 2.05) is 0 Å². The molecule has 120 valence electrons. The molecule has 0 spiro atoms. The Morgan fingerprint density at radius 1 is 1.00 bits per heavy atom. The first kappa shape index (κ1) is 17.8. The van der Waals surface area contributed by atoms with E-state index >= 15 is 0 Å². The van der Waals surface area contributed by atoms with E-state index < -0.39 is 24.3 Å². The molecule has 0 heterocycles. The van der Waals surface area contributed by atoms with Crippen LogP contribution < -0.4 is 5.32 Å². The summed E-state index contributed by atoms with van der Waals surface area (Å²) in [6, 6.07) is 2.57. The van der Waals surface area contributed by atoms with Crippen molar-refractivity contribution in [1.82, 2.24) is 5.32 Å². The summed E-state index contributed by atoms with van der Waals surface area (Å²) in [5, 5.41) is 2.34. The number of halogens is 6. The molecule has 0 aromatic heterocycles. The van der Waals surface area contributed by atoms with Gasteiger partial charge in [0, 0.05) is 0 Å². The van der Waals surface area contributed by atoms with Gasteiger partial charge in [-0.15, -0.1) is 0 Å². The predicted molar refractivity (Wildman–Crippen MR) is 67.9 cm³/mol. The van der Waals surface area contributed by atoms with E-state index in [4.69, 9.17) is 0 Å². The van der Waals surface area contributed by atoms with E-state index in [2.05, 4.69) is 5.32 Å². The zero-order valence-electron chi connectivity index (χ0n) is 11.9. The van der Waals surface area contributed by atoms with Crippen molar-refractivity contribution < 1.29 is 26.3 Å². The lowest BCUT2D eigenvalue weighted by molar-refractivity contribution is -0.292. The van der Waals surface area contributed by atoms with Crippen molar-refractivity contribution in [2.24, 2.45) is 5.92 Å². The minimum atomic E-state index is -5.37. The fraction of sp³-hybridized carbons (Fsp3) is 0.571. The molecule has 1 aromatic carbocycles. The Labute approximate surface area is 119 Å². The second kappa shape index (κ2) is 6.25. The molecule has 1 aromatic rings. The molecule has 1 nitrogen and oxygen atoms in total. The van der Waals surface area contributed by atoms with Gasteiger partial charge in [0.05, 0.1) is 6.04 Å². The van der Waals surface area contributed by atoms with Crippen LogP contribution in [0, 0.1) is 19.8 Å². The number of alkyl halides is 6. The van der Waals surface area contributed by atoms with Crippen LogP contribution in [0.25, 0.3) is 0 Å². The van der Waals surface area contributed by atoms with Gasteiger partial charge in [-0.1, -0.05) is 25.1 Å². The van der Waals surface area contributed by atoms with Crippen LogP contribution >= 0.6 is 0 Å². The zero-order chi connectivity index (χ0) is 16.4. The maximum atomic E-state index is 12.9. The third-order valence-corrected chi connectivity index (χ3v) is 3.44. The number of benzene rings is 1. The van der Waals surface area contributed by atoms with Crippen molar-refractivity contribution in [3.63, 3.8) is 0 Å². The second-order valence-corrected chi connectivity index (χ2v) is 4.89. The molecule has 7 heteroatoms. The third kappa shape index (κ3) is 4.12. The summed E-state index contributed by atoms with van der Waals surface area (Å²) in [7, 11) is 0. The summed E-state index contributed by atoms with van der Waals surface area (Å²) in [5.41, 5.74) is 1.11. The molecule has 0 aliphatic carbocycles. The van der Waals surface area contributed by atoms with Crippen LogP contribution in [0.2, 0.25) is 0 Å². The van der Waals surface area contributed by atoms with Crippen LogP contribution in [0.5, 0.6) is 0 Å². The Balaban J connectivity index is 3.42. The van der Waals surface area contributed by atoms with Gasteiger partial charge in [-0.25, -0.2) is 0 Å². The molecule has 0 fully saturated rings. The SMILES string of the molecule is CCNC(c1cccc(C)c1C)C(C(F)(F)F)C(F)(F)F. The fourth-order valence-corrected chi connectivity index (χ4v) is 2.30. The van der Waals surface area contributed by atoms with Gasteiger partial charge in [0.2, 0.25) is 0 Å². The van der Waals surface area contributed by atoms with Gasteiger partial charge in [0.15, 0.2) is 5.92 Å². The van der Waals surface area contributed by atoms with Crippen molar-refractivity contribution in [2.45, 2.75) is 39.2 Å². The molecule has 1 rings (SSSR count). The average Bonchev–Trinajstić information content (AvgIpc) is 2.28. The first-order valence-corrected chi connectivity index (χ1v) is 6.43. The van der Waals surface area contributed by atoms with E-state index in [1.165, 1.54) is 26.0 Å². The van der Waals surface area contributed by atoms with Gasteiger partial charge < -0.3 is 5.32 Å². The summed E-state index contributed by atoms with van der Waals surface area (Å²) in [6.45, 7) is 4.65. The van der Waals surface area contributed by atoms with Crippen LogP contribution in [0.15, 0.2) is 18.2 Å². The highest BCUT2D eigenvalue weighted by Gasteiger charge is 2.60. The van der Waals surface area contributed by atoms with Crippen LogP contribution in [-0.2, 0) is 0 Å². The van der Waals surface area contributed by atoms with Crippen molar-refractivity contribution in [3.05, 3.63) is 34.9 Å². The standard InChI is InChI=1S/C14H17F6N/c1-4-21-11(10-7-5-6-8(2)9(10)3)12(13(15,16)17)14(18,19)20/h5-7,11-12,21H,4H2,1-3H3. The quantitative estimate of drug-likeness (QED) is 0.795. The monoisotopic (exact) mass is 313 g/mol. The molecule has 0 radical (unpaired) electrons. The number of hydrogen-bond donors (Lipinski definition) is 1. The predicted octanol–water partition coefficient (Wildman–Crippen LogP) is 4.69. The highest BCUT2D eigenvalue weighted by molar-refractivity contribution is 5.36. The summed E-state index contributed by atoms with van der Waals surface area (Å²) in [6.07, 6.45) is -10.7. The van der Waals surface area contributed by atoms with Gasteiger partial charge in [0.25, 0.3) is 0 Å². The van der Waals surface area contributed by atoms with Crippen LogP contribution in [-0.4, -0.2) is 18.9 Å². The Hall–Kier alpha value is -1.24. The minimum absolute atomic E-state index is 0.000703. The molecule has 1 N–H and O–H groups in total. The lowest BCUT2D eigenvalue weighted by Crippen LogP contribution is -2.46. The summed E-state index contributed by atoms with van der Waals surface area (Å²) < 4.78 is 77.7. The number of rotatable bonds is 4. The van der Waals surface area contributed by atoms with Gasteiger partial charge in [-0.3, -0.25) is 0 Å². The van der Waals surface area contributed by atoms with E-state index in [1.54, 1.807) is 13.0 Å². The fourth-order valence-electron chi connectivity index (χ4n) is 2.30. The molecular formula is C14H17F6N. The van der Waals surface area contributed by atoms with E-state index in [-0.39, 0.29) is 12.1 Å². The normalized spacial score (nSPS) is 14.6. The Kier molecular flexibility index (Phi) is 5.30. The molecule has 0 aliphatic heterocycles. The largest absolute Gasteiger partial charge is 0.402 e. The van der Waals surface area contributed by atoms with Crippen LogP contribution in [0.4, 0.5) is 26.3 Å².